The molecule has 1 aromatic heterocycles. The summed E-state index contributed by atoms with van der Waals surface area (Å²) in [6.07, 6.45) is 1.02. The molecule has 1 rings (SSSR count). The van der Waals surface area contributed by atoms with Crippen LogP contribution in [0.5, 0.6) is 0 Å². The molecule has 0 aliphatic rings. The van der Waals surface area contributed by atoms with Crippen LogP contribution in [0.15, 0.2) is 11.6 Å². The molecule has 72 valence electrons. The van der Waals surface area contributed by atoms with E-state index in [1.54, 1.807) is 25.4 Å². The zero-order chi connectivity index (χ0) is 9.84. The number of rotatable bonds is 3. The molecule has 0 aliphatic heterocycles. The number of aromatic nitrogens is 1. The van der Waals surface area contributed by atoms with E-state index in [4.69, 9.17) is 5.11 Å². The fourth-order valence-electron chi connectivity index (χ4n) is 0.725. The summed E-state index contributed by atoms with van der Waals surface area (Å²) in [5.74, 6) is -0.233. The summed E-state index contributed by atoms with van der Waals surface area (Å²) in [5.41, 5.74) is 0. The first-order valence-electron chi connectivity index (χ1n) is 3.99. The fraction of sp³-hybridized carbons (Fsp3) is 0.500. The zero-order valence-corrected chi connectivity index (χ0v) is 8.34. The lowest BCUT2D eigenvalue weighted by atomic mass is 10.2. The van der Waals surface area contributed by atoms with E-state index in [9.17, 15) is 4.79 Å². The fourth-order valence-corrected chi connectivity index (χ4v) is 1.26. The number of amides is 1. The van der Waals surface area contributed by atoms with E-state index in [0.29, 0.717) is 5.01 Å². The second kappa shape index (κ2) is 4.34. The van der Waals surface area contributed by atoms with Gasteiger partial charge in [0.25, 0.3) is 5.91 Å². The summed E-state index contributed by atoms with van der Waals surface area (Å²) in [5, 5.41) is 13.9. The molecule has 2 N–H and O–H groups in total. The molecule has 0 aliphatic carbocycles. The number of aliphatic hydroxyl groups excluding tert-OH is 1. The summed E-state index contributed by atoms with van der Waals surface area (Å²) in [4.78, 5) is 15.2. The first-order valence-corrected chi connectivity index (χ1v) is 4.87. The maximum Gasteiger partial charge on any atom is 0.280 e. The standard InChI is InChI=1S/C8H12N2O2S/c1-5(6(2)11)10-7(12)8-9-3-4-13-8/h3-6,11H,1-2H3,(H,10,12). The molecule has 1 heterocycles. The van der Waals surface area contributed by atoms with Crippen molar-refractivity contribution in [3.63, 3.8) is 0 Å². The van der Waals surface area contributed by atoms with Crippen molar-refractivity contribution in [3.8, 4) is 0 Å². The van der Waals surface area contributed by atoms with Gasteiger partial charge in [0.15, 0.2) is 5.01 Å². The van der Waals surface area contributed by atoms with Gasteiger partial charge in [0.2, 0.25) is 0 Å². The maximum absolute atomic E-state index is 11.3. The Kier molecular flexibility index (Phi) is 3.39. The van der Waals surface area contributed by atoms with Crippen molar-refractivity contribution in [2.45, 2.75) is 26.0 Å². The van der Waals surface area contributed by atoms with E-state index in [2.05, 4.69) is 10.3 Å². The number of nitrogens with zero attached hydrogens (tertiary/aromatic N) is 1. The molecular formula is C8H12N2O2S. The average Bonchev–Trinajstić information content (AvgIpc) is 2.55. The monoisotopic (exact) mass is 200 g/mol. The number of carbonyl (C=O) groups excluding carboxylic acids is 1. The lowest BCUT2D eigenvalue weighted by Gasteiger charge is -2.15. The highest BCUT2D eigenvalue weighted by Gasteiger charge is 2.14. The van der Waals surface area contributed by atoms with Gasteiger partial charge >= 0.3 is 0 Å². The molecule has 0 saturated heterocycles. The predicted octanol–water partition coefficient (Wildman–Crippen LogP) is 0.642. The SMILES string of the molecule is CC(O)C(C)NC(=O)c1nccs1. The van der Waals surface area contributed by atoms with Crippen LogP contribution in [0, 0.1) is 0 Å². The normalized spacial score (nSPS) is 15.0. The van der Waals surface area contributed by atoms with Crippen molar-refractivity contribution in [2.24, 2.45) is 0 Å². The van der Waals surface area contributed by atoms with Crippen molar-refractivity contribution in [1.82, 2.24) is 10.3 Å². The van der Waals surface area contributed by atoms with Gasteiger partial charge in [-0.2, -0.15) is 0 Å². The van der Waals surface area contributed by atoms with Crippen LogP contribution in [-0.2, 0) is 0 Å². The Morgan fingerprint density at radius 1 is 1.69 bits per heavy atom. The second-order valence-corrected chi connectivity index (χ2v) is 3.73. The highest BCUT2D eigenvalue weighted by atomic mass is 32.1. The van der Waals surface area contributed by atoms with Crippen molar-refractivity contribution in [1.29, 1.82) is 0 Å². The third-order valence-electron chi connectivity index (χ3n) is 1.71. The van der Waals surface area contributed by atoms with E-state index in [-0.39, 0.29) is 11.9 Å². The molecule has 1 aromatic rings. The van der Waals surface area contributed by atoms with E-state index >= 15 is 0 Å². The van der Waals surface area contributed by atoms with Gasteiger partial charge < -0.3 is 10.4 Å². The highest BCUT2D eigenvalue weighted by Crippen LogP contribution is 2.04. The van der Waals surface area contributed by atoms with E-state index in [1.165, 1.54) is 11.3 Å². The Morgan fingerprint density at radius 2 is 2.38 bits per heavy atom. The topological polar surface area (TPSA) is 62.2 Å². The van der Waals surface area contributed by atoms with Crippen molar-refractivity contribution in [3.05, 3.63) is 16.6 Å². The number of thiazole rings is 1. The predicted molar refractivity (Wildman–Crippen MR) is 50.7 cm³/mol. The second-order valence-electron chi connectivity index (χ2n) is 2.84. The lowest BCUT2D eigenvalue weighted by molar-refractivity contribution is 0.0873. The first kappa shape index (κ1) is 10.1. The van der Waals surface area contributed by atoms with Gasteiger partial charge in [0, 0.05) is 11.6 Å². The molecule has 13 heavy (non-hydrogen) atoms. The van der Waals surface area contributed by atoms with E-state index < -0.39 is 6.10 Å². The Bertz CT molecular complexity index is 272. The van der Waals surface area contributed by atoms with Gasteiger partial charge in [-0.3, -0.25) is 4.79 Å². The minimum atomic E-state index is -0.552. The molecule has 0 spiro atoms. The summed E-state index contributed by atoms with van der Waals surface area (Å²) in [6.45, 7) is 3.38. The molecule has 2 atom stereocenters. The van der Waals surface area contributed by atoms with Crippen LogP contribution >= 0.6 is 11.3 Å². The van der Waals surface area contributed by atoms with Gasteiger partial charge in [0.05, 0.1) is 12.1 Å². The number of carbonyl (C=O) groups is 1. The molecule has 0 fully saturated rings. The Labute approximate surface area is 80.6 Å². The number of nitrogens with one attached hydrogen (secondary N) is 1. The number of hydrogen-bond acceptors (Lipinski definition) is 4. The molecule has 5 heteroatoms. The average molecular weight is 200 g/mol. The number of aliphatic hydroxyl groups is 1. The number of hydrogen-bond donors (Lipinski definition) is 2. The molecule has 2 unspecified atom stereocenters. The van der Waals surface area contributed by atoms with Crippen molar-refractivity contribution >= 4 is 17.2 Å². The van der Waals surface area contributed by atoms with Gasteiger partial charge in [-0.15, -0.1) is 11.3 Å². The molecule has 0 saturated carbocycles. The molecule has 1 amide bonds. The minimum Gasteiger partial charge on any atom is -0.391 e. The van der Waals surface area contributed by atoms with Gasteiger partial charge in [0.1, 0.15) is 0 Å². The third-order valence-corrected chi connectivity index (χ3v) is 2.48. The quantitative estimate of drug-likeness (QED) is 0.752. The van der Waals surface area contributed by atoms with Crippen LogP contribution < -0.4 is 5.32 Å². The van der Waals surface area contributed by atoms with Crippen LogP contribution in [0.1, 0.15) is 23.6 Å². The highest BCUT2D eigenvalue weighted by molar-refractivity contribution is 7.11. The summed E-state index contributed by atoms with van der Waals surface area (Å²) >= 11 is 1.28. The van der Waals surface area contributed by atoms with Crippen LogP contribution in [-0.4, -0.2) is 28.1 Å². The molecule has 0 radical (unpaired) electrons. The molecule has 0 aromatic carbocycles. The molecular weight excluding hydrogens is 188 g/mol. The van der Waals surface area contributed by atoms with E-state index in [1.807, 2.05) is 0 Å². The Morgan fingerprint density at radius 3 is 2.85 bits per heavy atom. The van der Waals surface area contributed by atoms with Crippen LogP contribution in [0.25, 0.3) is 0 Å². The summed E-state index contributed by atoms with van der Waals surface area (Å²) in [7, 11) is 0. The Balaban J connectivity index is 2.52. The molecule has 0 bridgehead atoms. The van der Waals surface area contributed by atoms with Crippen LogP contribution in [0.3, 0.4) is 0 Å². The maximum atomic E-state index is 11.3. The summed E-state index contributed by atoms with van der Waals surface area (Å²) < 4.78 is 0. The largest absolute Gasteiger partial charge is 0.391 e. The van der Waals surface area contributed by atoms with Crippen LogP contribution in [0.4, 0.5) is 0 Å². The summed E-state index contributed by atoms with van der Waals surface area (Å²) in [6, 6.07) is -0.253. The van der Waals surface area contributed by atoms with Gasteiger partial charge in [-0.05, 0) is 13.8 Å². The smallest absolute Gasteiger partial charge is 0.280 e. The third kappa shape index (κ3) is 2.78. The van der Waals surface area contributed by atoms with Crippen molar-refractivity contribution < 1.29 is 9.90 Å². The zero-order valence-electron chi connectivity index (χ0n) is 7.52. The Hall–Kier alpha value is -0.940. The van der Waals surface area contributed by atoms with E-state index in [0.717, 1.165) is 0 Å². The van der Waals surface area contributed by atoms with Gasteiger partial charge in [-0.25, -0.2) is 4.98 Å². The van der Waals surface area contributed by atoms with Crippen LogP contribution in [0.2, 0.25) is 0 Å². The first-order chi connectivity index (χ1) is 6.11. The molecule has 4 nitrogen and oxygen atoms in total. The van der Waals surface area contributed by atoms with Crippen molar-refractivity contribution in [2.75, 3.05) is 0 Å². The minimum absolute atomic E-state index is 0.233. The lowest BCUT2D eigenvalue weighted by Crippen LogP contribution is -2.39. The van der Waals surface area contributed by atoms with Gasteiger partial charge in [-0.1, -0.05) is 0 Å².